The number of likely N-dealkylation sites (tertiary alicyclic amines) is 1. The Balaban J connectivity index is 1.77. The number of aromatic nitrogens is 1. The zero-order chi connectivity index (χ0) is 20.6. The van der Waals surface area contributed by atoms with E-state index in [1.165, 1.54) is 6.08 Å². The molecule has 0 saturated carbocycles. The van der Waals surface area contributed by atoms with E-state index in [9.17, 15) is 4.79 Å². The number of hydrogen-bond donors (Lipinski definition) is 1. The molecule has 0 aliphatic carbocycles. The van der Waals surface area contributed by atoms with Crippen molar-refractivity contribution in [3.63, 3.8) is 0 Å². The maximum Gasteiger partial charge on any atom is 0.246 e. The van der Waals surface area contributed by atoms with Gasteiger partial charge in [0, 0.05) is 35.4 Å². The summed E-state index contributed by atoms with van der Waals surface area (Å²) in [6, 6.07) is 14.3. The van der Waals surface area contributed by atoms with Gasteiger partial charge in [-0.3, -0.25) is 9.78 Å². The zero-order valence-electron chi connectivity index (χ0n) is 16.7. The molecule has 29 heavy (non-hydrogen) atoms. The Morgan fingerprint density at radius 2 is 2.10 bits per heavy atom. The number of hydrogen-bond acceptors (Lipinski definition) is 3. The summed E-state index contributed by atoms with van der Waals surface area (Å²) < 4.78 is 0. The standard InChI is InChI=1S/C24H24ClN3O/c1-4-23(29)28-11-10-24(15-28,20-6-5-7-21(25)17(20)3)27-19-9-8-18-12-16(2)14-26-22(18)13-19/h4-9,12-14,27H,1,10-11,15H2,2-3H3/t24-/m1/s1. The SMILES string of the molecule is C=CC(=O)N1CC[C@](Nc2ccc3cc(C)cnc3c2)(c2cccc(Cl)c2C)C1. The number of benzene rings is 2. The van der Waals surface area contributed by atoms with E-state index in [-0.39, 0.29) is 5.91 Å². The predicted molar refractivity (Wildman–Crippen MR) is 119 cm³/mol. The van der Waals surface area contributed by atoms with Gasteiger partial charge in [0.05, 0.1) is 11.1 Å². The monoisotopic (exact) mass is 405 g/mol. The third-order valence-corrected chi connectivity index (χ3v) is 6.15. The number of aryl methyl sites for hydroxylation is 1. The van der Waals surface area contributed by atoms with Crippen molar-refractivity contribution in [2.45, 2.75) is 25.8 Å². The highest BCUT2D eigenvalue weighted by Crippen LogP contribution is 2.39. The largest absolute Gasteiger partial charge is 0.374 e. The second kappa shape index (κ2) is 7.53. The lowest BCUT2D eigenvalue weighted by Crippen LogP contribution is -2.40. The zero-order valence-corrected chi connectivity index (χ0v) is 17.5. The number of pyridine rings is 1. The maximum absolute atomic E-state index is 12.3. The highest BCUT2D eigenvalue weighted by molar-refractivity contribution is 6.31. The van der Waals surface area contributed by atoms with Crippen molar-refractivity contribution in [3.8, 4) is 0 Å². The number of carbonyl (C=O) groups excluding carboxylic acids is 1. The third kappa shape index (κ3) is 3.60. The van der Waals surface area contributed by atoms with Gasteiger partial charge >= 0.3 is 0 Å². The molecule has 5 heteroatoms. The van der Waals surface area contributed by atoms with E-state index in [1.54, 1.807) is 0 Å². The number of carbonyl (C=O) groups is 1. The molecule has 1 aliphatic rings. The average Bonchev–Trinajstić information content (AvgIpc) is 3.14. The molecule has 4 rings (SSSR count). The van der Waals surface area contributed by atoms with E-state index >= 15 is 0 Å². The van der Waals surface area contributed by atoms with Crippen LogP contribution in [0.3, 0.4) is 0 Å². The van der Waals surface area contributed by atoms with Crippen molar-refractivity contribution < 1.29 is 4.79 Å². The first-order valence-corrected chi connectivity index (χ1v) is 10.1. The molecular weight excluding hydrogens is 382 g/mol. The van der Waals surface area contributed by atoms with Crippen LogP contribution in [0.2, 0.25) is 5.02 Å². The highest BCUT2D eigenvalue weighted by atomic mass is 35.5. The van der Waals surface area contributed by atoms with Crippen molar-refractivity contribution in [1.82, 2.24) is 9.88 Å². The maximum atomic E-state index is 12.3. The fourth-order valence-corrected chi connectivity index (χ4v) is 4.40. The first-order valence-electron chi connectivity index (χ1n) is 9.73. The van der Waals surface area contributed by atoms with Gasteiger partial charge in [-0.1, -0.05) is 36.4 Å². The van der Waals surface area contributed by atoms with Crippen LogP contribution in [0, 0.1) is 13.8 Å². The lowest BCUT2D eigenvalue weighted by molar-refractivity contribution is -0.125. The molecule has 1 aliphatic heterocycles. The summed E-state index contributed by atoms with van der Waals surface area (Å²) in [7, 11) is 0. The van der Waals surface area contributed by atoms with Crippen molar-refractivity contribution >= 4 is 34.1 Å². The van der Waals surface area contributed by atoms with Gasteiger partial charge in [-0.2, -0.15) is 0 Å². The van der Waals surface area contributed by atoms with Gasteiger partial charge in [-0.25, -0.2) is 0 Å². The molecule has 2 aromatic carbocycles. The second-order valence-corrected chi connectivity index (χ2v) is 8.16. The fraction of sp³-hybridized carbons (Fsp3) is 0.250. The number of nitrogens with one attached hydrogen (secondary N) is 1. The Morgan fingerprint density at radius 1 is 1.28 bits per heavy atom. The van der Waals surface area contributed by atoms with Gasteiger partial charge in [-0.05, 0) is 67.3 Å². The smallest absolute Gasteiger partial charge is 0.246 e. The van der Waals surface area contributed by atoms with Gasteiger partial charge in [-0.15, -0.1) is 0 Å². The van der Waals surface area contributed by atoms with Crippen LogP contribution in [-0.2, 0) is 10.3 Å². The number of rotatable bonds is 4. The first-order chi connectivity index (χ1) is 13.9. The first kappa shape index (κ1) is 19.5. The van der Waals surface area contributed by atoms with Crippen molar-refractivity contribution in [3.05, 3.63) is 83.0 Å². The number of fused-ring (bicyclic) bond motifs is 1. The normalized spacial score (nSPS) is 18.8. The van der Waals surface area contributed by atoms with Crippen LogP contribution in [0.4, 0.5) is 5.69 Å². The number of nitrogens with zero attached hydrogens (tertiary/aromatic N) is 2. The summed E-state index contributed by atoms with van der Waals surface area (Å²) >= 11 is 6.44. The van der Waals surface area contributed by atoms with Gasteiger partial charge < -0.3 is 10.2 Å². The van der Waals surface area contributed by atoms with Crippen LogP contribution >= 0.6 is 11.6 Å². The lowest BCUT2D eigenvalue weighted by Gasteiger charge is -2.34. The molecule has 0 bridgehead atoms. The molecule has 0 radical (unpaired) electrons. The molecule has 1 fully saturated rings. The van der Waals surface area contributed by atoms with E-state index in [0.717, 1.165) is 44.7 Å². The van der Waals surface area contributed by atoms with Crippen LogP contribution in [0.1, 0.15) is 23.1 Å². The van der Waals surface area contributed by atoms with E-state index in [4.69, 9.17) is 11.6 Å². The quantitative estimate of drug-likeness (QED) is 0.604. The molecule has 2 heterocycles. The van der Waals surface area contributed by atoms with Gasteiger partial charge in [0.25, 0.3) is 0 Å². The van der Waals surface area contributed by atoms with Crippen LogP contribution in [-0.4, -0.2) is 28.9 Å². The van der Waals surface area contributed by atoms with Crippen LogP contribution in [0.25, 0.3) is 10.9 Å². The minimum absolute atomic E-state index is 0.0518. The topological polar surface area (TPSA) is 45.2 Å². The van der Waals surface area contributed by atoms with Gasteiger partial charge in [0.15, 0.2) is 0 Å². The van der Waals surface area contributed by atoms with E-state index in [1.807, 2.05) is 37.1 Å². The molecule has 4 nitrogen and oxygen atoms in total. The molecule has 0 spiro atoms. The van der Waals surface area contributed by atoms with Gasteiger partial charge in [0.1, 0.15) is 0 Å². The summed E-state index contributed by atoms with van der Waals surface area (Å²) in [4.78, 5) is 18.7. The average molecular weight is 406 g/mol. The molecular formula is C24H24ClN3O. The minimum atomic E-state index is -0.425. The Kier molecular flexibility index (Phi) is 5.05. The molecule has 1 saturated heterocycles. The minimum Gasteiger partial charge on any atom is -0.374 e. The summed E-state index contributed by atoms with van der Waals surface area (Å²) in [5.41, 5.74) is 4.77. The summed E-state index contributed by atoms with van der Waals surface area (Å²) in [5.74, 6) is -0.0518. The number of halogens is 1. The predicted octanol–water partition coefficient (Wildman–Crippen LogP) is 5.23. The van der Waals surface area contributed by atoms with Gasteiger partial charge in [0.2, 0.25) is 5.91 Å². The van der Waals surface area contributed by atoms with E-state index in [0.29, 0.717) is 13.1 Å². The molecule has 1 amide bonds. The van der Waals surface area contributed by atoms with Crippen molar-refractivity contribution in [2.24, 2.45) is 0 Å². The summed E-state index contributed by atoms with van der Waals surface area (Å²) in [5, 5.41) is 5.57. The summed E-state index contributed by atoms with van der Waals surface area (Å²) in [6.07, 6.45) is 4.04. The van der Waals surface area contributed by atoms with E-state index < -0.39 is 5.54 Å². The lowest BCUT2D eigenvalue weighted by atomic mass is 9.85. The molecule has 148 valence electrons. The van der Waals surface area contributed by atoms with E-state index in [2.05, 4.69) is 47.2 Å². The fourth-order valence-electron chi connectivity index (χ4n) is 4.23. The Hall–Kier alpha value is -2.85. The van der Waals surface area contributed by atoms with Crippen molar-refractivity contribution in [2.75, 3.05) is 18.4 Å². The Bertz CT molecular complexity index is 1110. The number of anilines is 1. The molecule has 3 aromatic rings. The second-order valence-electron chi connectivity index (χ2n) is 7.75. The molecule has 1 N–H and O–H groups in total. The molecule has 1 atom stereocenters. The third-order valence-electron chi connectivity index (χ3n) is 5.74. The molecule has 0 unspecified atom stereocenters. The van der Waals surface area contributed by atoms with Crippen molar-refractivity contribution in [1.29, 1.82) is 0 Å². The summed E-state index contributed by atoms with van der Waals surface area (Å²) in [6.45, 7) is 8.93. The molecule has 1 aromatic heterocycles. The van der Waals surface area contributed by atoms with Crippen LogP contribution in [0.15, 0.2) is 61.3 Å². The van der Waals surface area contributed by atoms with Crippen LogP contribution < -0.4 is 5.32 Å². The highest BCUT2D eigenvalue weighted by Gasteiger charge is 2.42. The van der Waals surface area contributed by atoms with Crippen LogP contribution in [0.5, 0.6) is 0 Å². The Morgan fingerprint density at radius 3 is 2.90 bits per heavy atom. The Labute approximate surface area is 176 Å². The number of amides is 1.